The molecule has 2 nitrogen and oxygen atoms in total. The van der Waals surface area contributed by atoms with Crippen LogP contribution in [0, 0.1) is 17.6 Å². The molecule has 1 aromatic carbocycles. The lowest BCUT2D eigenvalue weighted by molar-refractivity contribution is 0.420. The highest BCUT2D eigenvalue weighted by Gasteiger charge is 2.16. The first-order valence-electron chi connectivity index (χ1n) is 4.95. The molecule has 0 bridgehead atoms. The Kier molecular flexibility index (Phi) is 4.17. The summed E-state index contributed by atoms with van der Waals surface area (Å²) in [5.74, 6) is 4.81. The molecule has 1 rings (SSSR count). The van der Waals surface area contributed by atoms with Crippen LogP contribution in [0.2, 0.25) is 0 Å². The third kappa shape index (κ3) is 3.25. The minimum Gasteiger partial charge on any atom is -0.271 e. The average molecular weight is 214 g/mol. The van der Waals surface area contributed by atoms with Crippen molar-refractivity contribution in [2.45, 2.75) is 26.3 Å². The predicted octanol–water partition coefficient (Wildman–Crippen LogP) is 2.52. The quantitative estimate of drug-likeness (QED) is 0.597. The minimum atomic E-state index is -0.449. The molecule has 0 saturated carbocycles. The van der Waals surface area contributed by atoms with Crippen LogP contribution in [0.3, 0.4) is 0 Å². The van der Waals surface area contributed by atoms with Gasteiger partial charge in [0, 0.05) is 11.6 Å². The van der Waals surface area contributed by atoms with Gasteiger partial charge in [-0.25, -0.2) is 8.78 Å². The lowest BCUT2D eigenvalue weighted by atomic mass is 9.97. The first-order valence-corrected chi connectivity index (χ1v) is 4.95. The highest BCUT2D eigenvalue weighted by molar-refractivity contribution is 5.22. The molecule has 0 aliphatic carbocycles. The maximum absolute atomic E-state index is 13.4. The third-order valence-corrected chi connectivity index (χ3v) is 2.24. The summed E-state index contributed by atoms with van der Waals surface area (Å²) in [6.07, 6.45) is 0.664. The molecule has 4 heteroatoms. The first kappa shape index (κ1) is 12.1. The molecule has 0 fully saturated rings. The zero-order valence-electron chi connectivity index (χ0n) is 8.93. The summed E-state index contributed by atoms with van der Waals surface area (Å²) in [5.41, 5.74) is 2.79. The second-order valence-electron chi connectivity index (χ2n) is 4.01. The van der Waals surface area contributed by atoms with Crippen LogP contribution in [0.25, 0.3) is 0 Å². The molecule has 0 aromatic heterocycles. The second kappa shape index (κ2) is 5.19. The van der Waals surface area contributed by atoms with E-state index in [0.29, 0.717) is 12.3 Å². The van der Waals surface area contributed by atoms with Gasteiger partial charge >= 0.3 is 0 Å². The van der Waals surface area contributed by atoms with Gasteiger partial charge in [0.15, 0.2) is 0 Å². The average Bonchev–Trinajstić information content (AvgIpc) is 2.18. The van der Waals surface area contributed by atoms with E-state index in [9.17, 15) is 8.78 Å². The van der Waals surface area contributed by atoms with Gasteiger partial charge in [-0.05, 0) is 30.5 Å². The Hall–Kier alpha value is -1.00. The van der Waals surface area contributed by atoms with Crippen molar-refractivity contribution < 1.29 is 8.78 Å². The molecule has 1 aromatic rings. The van der Waals surface area contributed by atoms with Gasteiger partial charge in [-0.15, -0.1) is 0 Å². The van der Waals surface area contributed by atoms with Crippen molar-refractivity contribution in [3.8, 4) is 0 Å². The molecule has 0 amide bonds. The SMILES string of the molecule is CC(C)CC(NN)c1cc(F)ccc1F. The lowest BCUT2D eigenvalue weighted by Gasteiger charge is -2.19. The van der Waals surface area contributed by atoms with Gasteiger partial charge in [-0.1, -0.05) is 13.8 Å². The molecule has 0 heterocycles. The molecule has 3 N–H and O–H groups in total. The van der Waals surface area contributed by atoms with Crippen LogP contribution in [-0.4, -0.2) is 0 Å². The number of benzene rings is 1. The van der Waals surface area contributed by atoms with Gasteiger partial charge in [0.1, 0.15) is 11.6 Å². The molecule has 1 unspecified atom stereocenters. The van der Waals surface area contributed by atoms with E-state index in [-0.39, 0.29) is 11.6 Å². The molecule has 0 radical (unpaired) electrons. The Morgan fingerprint density at radius 1 is 1.33 bits per heavy atom. The van der Waals surface area contributed by atoms with Crippen molar-refractivity contribution in [3.63, 3.8) is 0 Å². The van der Waals surface area contributed by atoms with Crippen LogP contribution >= 0.6 is 0 Å². The van der Waals surface area contributed by atoms with Crippen LogP contribution < -0.4 is 11.3 Å². The Balaban J connectivity index is 2.95. The zero-order chi connectivity index (χ0) is 11.4. The van der Waals surface area contributed by atoms with Gasteiger partial charge in [0.2, 0.25) is 0 Å². The van der Waals surface area contributed by atoms with E-state index in [1.54, 1.807) is 0 Å². The van der Waals surface area contributed by atoms with Crippen molar-refractivity contribution in [1.82, 2.24) is 5.43 Å². The molecular formula is C11H16F2N2. The van der Waals surface area contributed by atoms with E-state index >= 15 is 0 Å². The normalized spacial score (nSPS) is 13.2. The first-order chi connectivity index (χ1) is 7.04. The molecule has 15 heavy (non-hydrogen) atoms. The number of halogens is 2. The molecule has 1 atom stereocenters. The summed E-state index contributed by atoms with van der Waals surface area (Å²) in [6.45, 7) is 4.00. The van der Waals surface area contributed by atoms with Crippen LogP contribution in [0.1, 0.15) is 31.9 Å². The van der Waals surface area contributed by atoms with Gasteiger partial charge in [0.05, 0.1) is 0 Å². The number of hydrazine groups is 1. The van der Waals surface area contributed by atoms with E-state index in [0.717, 1.165) is 12.1 Å². The Morgan fingerprint density at radius 3 is 2.53 bits per heavy atom. The molecule has 0 aliphatic rings. The van der Waals surface area contributed by atoms with Gasteiger partial charge in [-0.2, -0.15) is 0 Å². The maximum Gasteiger partial charge on any atom is 0.128 e. The Bertz CT molecular complexity index is 326. The largest absolute Gasteiger partial charge is 0.271 e. The standard InChI is InChI=1S/C11H16F2N2/c1-7(2)5-11(15-14)9-6-8(12)3-4-10(9)13/h3-4,6-7,11,15H,5,14H2,1-2H3. The van der Waals surface area contributed by atoms with Gasteiger partial charge < -0.3 is 0 Å². The van der Waals surface area contributed by atoms with Crippen molar-refractivity contribution in [3.05, 3.63) is 35.4 Å². The molecule has 0 spiro atoms. The summed E-state index contributed by atoms with van der Waals surface area (Å²) >= 11 is 0. The number of hydrogen-bond donors (Lipinski definition) is 2. The van der Waals surface area contributed by atoms with Crippen LogP contribution in [-0.2, 0) is 0 Å². The zero-order valence-corrected chi connectivity index (χ0v) is 8.93. The lowest BCUT2D eigenvalue weighted by Crippen LogP contribution is -2.29. The van der Waals surface area contributed by atoms with Gasteiger partial charge in [0.25, 0.3) is 0 Å². The predicted molar refractivity (Wildman–Crippen MR) is 55.9 cm³/mol. The van der Waals surface area contributed by atoms with Crippen molar-refractivity contribution in [2.75, 3.05) is 0 Å². The molecule has 84 valence electrons. The summed E-state index contributed by atoms with van der Waals surface area (Å²) in [7, 11) is 0. The summed E-state index contributed by atoms with van der Waals surface area (Å²) in [6, 6.07) is 3.06. The van der Waals surface area contributed by atoms with E-state index in [4.69, 9.17) is 5.84 Å². The summed E-state index contributed by atoms with van der Waals surface area (Å²) < 4.78 is 26.3. The number of rotatable bonds is 4. The van der Waals surface area contributed by atoms with E-state index < -0.39 is 11.6 Å². The van der Waals surface area contributed by atoms with E-state index in [2.05, 4.69) is 5.43 Å². The second-order valence-corrected chi connectivity index (χ2v) is 4.01. The Labute approximate surface area is 88.4 Å². The molecule has 0 saturated heterocycles. The monoisotopic (exact) mass is 214 g/mol. The van der Waals surface area contributed by atoms with E-state index in [1.165, 1.54) is 6.07 Å². The van der Waals surface area contributed by atoms with Crippen molar-refractivity contribution in [2.24, 2.45) is 11.8 Å². The van der Waals surface area contributed by atoms with E-state index in [1.807, 2.05) is 13.8 Å². The van der Waals surface area contributed by atoms with Crippen LogP contribution in [0.15, 0.2) is 18.2 Å². The number of nitrogens with one attached hydrogen (secondary N) is 1. The fourth-order valence-electron chi connectivity index (χ4n) is 1.54. The molecule has 0 aliphatic heterocycles. The fraction of sp³-hybridized carbons (Fsp3) is 0.455. The smallest absolute Gasteiger partial charge is 0.128 e. The van der Waals surface area contributed by atoms with Crippen LogP contribution in [0.4, 0.5) is 8.78 Å². The highest BCUT2D eigenvalue weighted by atomic mass is 19.1. The van der Waals surface area contributed by atoms with Crippen molar-refractivity contribution >= 4 is 0 Å². The summed E-state index contributed by atoms with van der Waals surface area (Å²) in [5, 5.41) is 0. The maximum atomic E-state index is 13.4. The fourth-order valence-corrected chi connectivity index (χ4v) is 1.54. The van der Waals surface area contributed by atoms with Crippen molar-refractivity contribution in [1.29, 1.82) is 0 Å². The summed E-state index contributed by atoms with van der Waals surface area (Å²) in [4.78, 5) is 0. The molecular weight excluding hydrogens is 198 g/mol. The van der Waals surface area contributed by atoms with Crippen LogP contribution in [0.5, 0.6) is 0 Å². The number of hydrogen-bond acceptors (Lipinski definition) is 2. The van der Waals surface area contributed by atoms with Gasteiger partial charge in [-0.3, -0.25) is 11.3 Å². The third-order valence-electron chi connectivity index (χ3n) is 2.24. The minimum absolute atomic E-state index is 0.284. The Morgan fingerprint density at radius 2 is 2.00 bits per heavy atom. The number of nitrogens with two attached hydrogens (primary N) is 1. The topological polar surface area (TPSA) is 38.0 Å². The highest BCUT2D eigenvalue weighted by Crippen LogP contribution is 2.23.